The van der Waals surface area contributed by atoms with Crippen LogP contribution in [-0.4, -0.2) is 40.7 Å². The molecule has 0 aliphatic heterocycles. The molecule has 128 valence electrons. The van der Waals surface area contributed by atoms with E-state index in [2.05, 4.69) is 39.0 Å². The largest absolute Gasteiger partial charge is 0.508 e. The molecule has 0 aliphatic carbocycles. The molecule has 1 atom stereocenters. The Kier molecular flexibility index (Phi) is 6.02. The number of hydrogen-bond acceptors (Lipinski definition) is 4. The van der Waals surface area contributed by atoms with E-state index in [9.17, 15) is 5.11 Å². The molecule has 1 N–H and O–H groups in total. The molecule has 0 bridgehead atoms. The fourth-order valence-electron chi connectivity index (χ4n) is 2.71. The van der Waals surface area contributed by atoms with Gasteiger partial charge in [-0.1, -0.05) is 33.9 Å². The van der Waals surface area contributed by atoms with Gasteiger partial charge in [-0.3, -0.25) is 4.68 Å². The minimum absolute atomic E-state index is 0.0961. The van der Waals surface area contributed by atoms with Gasteiger partial charge in [0.15, 0.2) is 19.5 Å². The summed E-state index contributed by atoms with van der Waals surface area (Å²) < 4.78 is 13.9. The topological polar surface area (TPSA) is 56.5 Å². The van der Waals surface area contributed by atoms with Crippen LogP contribution in [0.3, 0.4) is 0 Å². The van der Waals surface area contributed by atoms with Crippen LogP contribution in [-0.2, 0) is 15.4 Å². The Bertz CT molecular complexity index is 639. The SMILES string of the molecule is C[SiH2]OC(O[SiH2]C)C(C)(C)C(C)Cn1ncc2ccc(O)cc21. The summed E-state index contributed by atoms with van der Waals surface area (Å²) in [7, 11) is -1.05. The van der Waals surface area contributed by atoms with Crippen LogP contribution in [0.2, 0.25) is 13.1 Å². The quantitative estimate of drug-likeness (QED) is 0.583. The van der Waals surface area contributed by atoms with E-state index in [-0.39, 0.29) is 17.5 Å². The molecular weight excluding hydrogens is 324 g/mol. The molecule has 1 aromatic carbocycles. The number of aromatic hydroxyl groups is 1. The normalized spacial score (nSPS) is 16.0. The number of fused-ring (bicyclic) bond motifs is 1. The van der Waals surface area contributed by atoms with Gasteiger partial charge in [-0.15, -0.1) is 0 Å². The maximum atomic E-state index is 9.72. The molecular formula is C16H28N2O3Si2. The van der Waals surface area contributed by atoms with Crippen LogP contribution in [0.15, 0.2) is 24.4 Å². The molecule has 1 aromatic heterocycles. The Hall–Kier alpha value is -1.16. The van der Waals surface area contributed by atoms with Crippen molar-refractivity contribution in [2.24, 2.45) is 11.3 Å². The van der Waals surface area contributed by atoms with Crippen molar-refractivity contribution < 1.29 is 14.0 Å². The number of hydrogen-bond donors (Lipinski definition) is 1. The second-order valence-electron chi connectivity index (χ2n) is 6.53. The van der Waals surface area contributed by atoms with Crippen molar-refractivity contribution in [1.29, 1.82) is 0 Å². The van der Waals surface area contributed by atoms with Crippen molar-refractivity contribution in [3.05, 3.63) is 24.4 Å². The van der Waals surface area contributed by atoms with Gasteiger partial charge in [0, 0.05) is 23.4 Å². The van der Waals surface area contributed by atoms with E-state index in [0.717, 1.165) is 17.4 Å². The summed E-state index contributed by atoms with van der Waals surface area (Å²) in [4.78, 5) is 0. The first-order valence-electron chi connectivity index (χ1n) is 8.27. The predicted molar refractivity (Wildman–Crippen MR) is 99.1 cm³/mol. The average molecular weight is 353 g/mol. The summed E-state index contributed by atoms with van der Waals surface area (Å²) >= 11 is 0. The van der Waals surface area contributed by atoms with Gasteiger partial charge in [-0.2, -0.15) is 5.10 Å². The van der Waals surface area contributed by atoms with Gasteiger partial charge < -0.3 is 14.0 Å². The predicted octanol–water partition coefficient (Wildman–Crippen LogP) is 2.03. The number of phenolic OH excluding ortho intramolecular Hbond substituents is 1. The van der Waals surface area contributed by atoms with E-state index < -0.39 is 19.5 Å². The van der Waals surface area contributed by atoms with Crippen LogP contribution in [0.1, 0.15) is 20.8 Å². The number of benzene rings is 1. The highest BCUT2D eigenvalue weighted by atomic mass is 28.2. The third-order valence-corrected chi connectivity index (χ3v) is 5.86. The van der Waals surface area contributed by atoms with Gasteiger partial charge in [-0.05, 0) is 18.1 Å². The minimum Gasteiger partial charge on any atom is -0.508 e. The van der Waals surface area contributed by atoms with E-state index in [1.54, 1.807) is 12.1 Å². The van der Waals surface area contributed by atoms with Gasteiger partial charge in [0.1, 0.15) is 12.0 Å². The summed E-state index contributed by atoms with van der Waals surface area (Å²) in [5.74, 6) is 0.587. The van der Waals surface area contributed by atoms with Crippen molar-refractivity contribution in [3.63, 3.8) is 0 Å². The maximum absolute atomic E-state index is 9.72. The molecule has 0 amide bonds. The van der Waals surface area contributed by atoms with Crippen LogP contribution < -0.4 is 0 Å². The lowest BCUT2D eigenvalue weighted by Gasteiger charge is -2.39. The lowest BCUT2D eigenvalue weighted by atomic mass is 9.79. The van der Waals surface area contributed by atoms with Gasteiger partial charge >= 0.3 is 0 Å². The van der Waals surface area contributed by atoms with Crippen molar-refractivity contribution in [2.75, 3.05) is 0 Å². The van der Waals surface area contributed by atoms with E-state index in [1.165, 1.54) is 0 Å². The zero-order valence-electron chi connectivity index (χ0n) is 14.7. The monoisotopic (exact) mass is 352 g/mol. The number of rotatable bonds is 8. The van der Waals surface area contributed by atoms with Gasteiger partial charge in [0.05, 0.1) is 11.7 Å². The molecule has 0 saturated carbocycles. The zero-order valence-corrected chi connectivity index (χ0v) is 17.6. The lowest BCUT2D eigenvalue weighted by molar-refractivity contribution is -0.104. The van der Waals surface area contributed by atoms with Crippen LogP contribution >= 0.6 is 0 Å². The Morgan fingerprint density at radius 2 is 1.91 bits per heavy atom. The van der Waals surface area contributed by atoms with Gasteiger partial charge in [-0.25, -0.2) is 0 Å². The smallest absolute Gasteiger partial charge is 0.161 e. The summed E-state index contributed by atoms with van der Waals surface area (Å²) in [6.07, 6.45) is 1.72. The molecule has 0 fully saturated rings. The van der Waals surface area contributed by atoms with E-state index in [1.807, 2.05) is 16.9 Å². The van der Waals surface area contributed by atoms with Crippen molar-refractivity contribution >= 4 is 30.4 Å². The first kappa shape index (κ1) is 18.2. The summed E-state index contributed by atoms with van der Waals surface area (Å²) in [5, 5.41) is 15.2. The van der Waals surface area contributed by atoms with Gasteiger partial charge in [0.25, 0.3) is 0 Å². The fraction of sp³-hybridized carbons (Fsp3) is 0.562. The Labute approximate surface area is 142 Å². The van der Waals surface area contributed by atoms with E-state index >= 15 is 0 Å². The molecule has 2 aromatic rings. The fourth-order valence-corrected chi connectivity index (χ4v) is 4.56. The summed E-state index contributed by atoms with van der Waals surface area (Å²) in [6, 6.07) is 5.35. The molecule has 5 nitrogen and oxygen atoms in total. The second-order valence-corrected chi connectivity index (χ2v) is 8.36. The van der Waals surface area contributed by atoms with Crippen molar-refractivity contribution in [1.82, 2.24) is 9.78 Å². The van der Waals surface area contributed by atoms with Crippen molar-refractivity contribution in [3.8, 4) is 5.75 Å². The van der Waals surface area contributed by atoms with Crippen LogP contribution in [0, 0.1) is 11.3 Å². The van der Waals surface area contributed by atoms with Crippen LogP contribution in [0.25, 0.3) is 10.9 Å². The number of aromatic nitrogens is 2. The Morgan fingerprint density at radius 1 is 1.26 bits per heavy atom. The first-order valence-corrected chi connectivity index (χ1v) is 12.3. The Morgan fingerprint density at radius 3 is 2.52 bits per heavy atom. The number of phenols is 1. The molecule has 1 heterocycles. The molecule has 2 rings (SSSR count). The van der Waals surface area contributed by atoms with Crippen LogP contribution in [0.4, 0.5) is 0 Å². The highest BCUT2D eigenvalue weighted by molar-refractivity contribution is 6.26. The average Bonchev–Trinajstić information content (AvgIpc) is 2.89. The van der Waals surface area contributed by atoms with Crippen molar-refractivity contribution in [2.45, 2.75) is 46.7 Å². The lowest BCUT2D eigenvalue weighted by Crippen LogP contribution is -2.42. The Balaban J connectivity index is 2.21. The molecule has 0 radical (unpaired) electrons. The third-order valence-electron chi connectivity index (χ3n) is 4.59. The molecule has 0 saturated heterocycles. The zero-order chi connectivity index (χ0) is 17.0. The summed E-state index contributed by atoms with van der Waals surface area (Å²) in [6.45, 7) is 11.7. The standard InChI is InChI=1S/C16H28N2O3Si2/c1-11(16(2,3)15(20-22-4)21-23-5)10-18-14-8-13(19)7-6-12(14)9-17-18/h6-9,11,15,19H,10,22-23H2,1-5H3. The highest BCUT2D eigenvalue weighted by Gasteiger charge is 2.36. The minimum atomic E-state index is -0.523. The molecule has 7 heteroatoms. The van der Waals surface area contributed by atoms with E-state index in [4.69, 9.17) is 8.85 Å². The molecule has 0 aliphatic rings. The summed E-state index contributed by atoms with van der Waals surface area (Å²) in [5.41, 5.74) is 0.863. The molecule has 1 unspecified atom stereocenters. The molecule has 0 spiro atoms. The second kappa shape index (κ2) is 7.61. The van der Waals surface area contributed by atoms with Gasteiger partial charge in [0.2, 0.25) is 0 Å². The highest BCUT2D eigenvalue weighted by Crippen LogP contribution is 2.35. The van der Waals surface area contributed by atoms with E-state index in [0.29, 0.717) is 5.92 Å². The third kappa shape index (κ3) is 4.03. The van der Waals surface area contributed by atoms with Crippen LogP contribution in [0.5, 0.6) is 5.75 Å². The molecule has 23 heavy (non-hydrogen) atoms. The number of nitrogens with zero attached hydrogens (tertiary/aromatic N) is 2. The maximum Gasteiger partial charge on any atom is 0.161 e. The first-order chi connectivity index (χ1) is 10.9.